The third-order valence-corrected chi connectivity index (χ3v) is 4.47. The Hall–Kier alpha value is -3.54. The maximum atomic E-state index is 12.3. The van der Waals surface area contributed by atoms with Crippen LogP contribution in [0, 0.1) is 13.8 Å². The lowest BCUT2D eigenvalue weighted by molar-refractivity contribution is 0.0955. The van der Waals surface area contributed by atoms with Gasteiger partial charge in [0.1, 0.15) is 11.5 Å². The highest BCUT2D eigenvalue weighted by Gasteiger charge is 2.08. The summed E-state index contributed by atoms with van der Waals surface area (Å²) in [5.41, 5.74) is 7.12. The lowest BCUT2D eigenvalue weighted by Crippen LogP contribution is -2.17. The summed E-state index contributed by atoms with van der Waals surface area (Å²) in [5, 5.41) is 4.03. The molecule has 1 heterocycles. The maximum Gasteiger partial charge on any atom is 0.271 e. The van der Waals surface area contributed by atoms with Crippen molar-refractivity contribution in [3.8, 4) is 17.2 Å². The summed E-state index contributed by atoms with van der Waals surface area (Å²) >= 11 is 0. The van der Waals surface area contributed by atoms with Crippen LogP contribution in [0.5, 0.6) is 11.5 Å². The van der Waals surface area contributed by atoms with Crippen LogP contribution in [0.15, 0.2) is 59.7 Å². The molecule has 2 aromatic carbocycles. The van der Waals surface area contributed by atoms with Gasteiger partial charge in [-0.15, -0.1) is 0 Å². The fraction of sp³-hybridized carbons (Fsp3) is 0.182. The molecule has 0 unspecified atom stereocenters. The van der Waals surface area contributed by atoms with Crippen LogP contribution in [-0.2, 0) is 0 Å². The molecule has 6 heteroatoms. The number of aromatic nitrogens is 1. The number of hydrazone groups is 1. The molecule has 3 aromatic rings. The van der Waals surface area contributed by atoms with Crippen molar-refractivity contribution < 1.29 is 14.3 Å². The number of hydrogen-bond acceptors (Lipinski definition) is 4. The van der Waals surface area contributed by atoms with Crippen molar-refractivity contribution in [2.75, 3.05) is 14.2 Å². The van der Waals surface area contributed by atoms with Gasteiger partial charge in [-0.05, 0) is 62.4 Å². The van der Waals surface area contributed by atoms with Crippen molar-refractivity contribution in [3.05, 3.63) is 77.1 Å². The van der Waals surface area contributed by atoms with Crippen molar-refractivity contribution >= 4 is 12.1 Å². The quantitative estimate of drug-likeness (QED) is 0.524. The molecule has 3 rings (SSSR count). The third-order valence-electron chi connectivity index (χ3n) is 4.47. The average Bonchev–Trinajstić information content (AvgIpc) is 3.06. The number of carbonyl (C=O) groups excluding carboxylic acids is 1. The lowest BCUT2D eigenvalue weighted by Gasteiger charge is -2.10. The zero-order valence-corrected chi connectivity index (χ0v) is 16.4. The van der Waals surface area contributed by atoms with Gasteiger partial charge in [0.15, 0.2) is 0 Å². The van der Waals surface area contributed by atoms with E-state index in [1.54, 1.807) is 38.5 Å². The summed E-state index contributed by atoms with van der Waals surface area (Å²) in [7, 11) is 3.16. The largest absolute Gasteiger partial charge is 0.497 e. The van der Waals surface area contributed by atoms with Crippen LogP contribution < -0.4 is 14.9 Å². The molecule has 0 saturated carbocycles. The van der Waals surface area contributed by atoms with E-state index in [-0.39, 0.29) is 5.91 Å². The summed E-state index contributed by atoms with van der Waals surface area (Å²) in [6, 6.07) is 16.9. The van der Waals surface area contributed by atoms with Gasteiger partial charge in [-0.1, -0.05) is 0 Å². The predicted molar refractivity (Wildman–Crippen MR) is 110 cm³/mol. The molecule has 0 aliphatic heterocycles. The van der Waals surface area contributed by atoms with E-state index in [1.165, 1.54) is 6.21 Å². The van der Waals surface area contributed by atoms with E-state index in [1.807, 2.05) is 18.2 Å². The highest BCUT2D eigenvalue weighted by Crippen LogP contribution is 2.23. The molecule has 0 fully saturated rings. The van der Waals surface area contributed by atoms with Gasteiger partial charge in [0.2, 0.25) is 0 Å². The average molecular weight is 377 g/mol. The highest BCUT2D eigenvalue weighted by atomic mass is 16.5. The fourth-order valence-corrected chi connectivity index (χ4v) is 2.99. The van der Waals surface area contributed by atoms with E-state index >= 15 is 0 Å². The molecular weight excluding hydrogens is 354 g/mol. The van der Waals surface area contributed by atoms with Gasteiger partial charge in [-0.25, -0.2) is 5.43 Å². The van der Waals surface area contributed by atoms with Crippen molar-refractivity contribution in [1.82, 2.24) is 9.99 Å². The Morgan fingerprint density at radius 1 is 0.964 bits per heavy atom. The number of aryl methyl sites for hydroxylation is 2. The first-order valence-corrected chi connectivity index (χ1v) is 8.84. The normalized spacial score (nSPS) is 10.9. The molecule has 1 amide bonds. The van der Waals surface area contributed by atoms with Gasteiger partial charge in [0.25, 0.3) is 5.91 Å². The minimum atomic E-state index is -0.281. The SMILES string of the molecule is COc1ccc(/C=N/NC(=O)c2ccc(-n3c(C)ccc3C)cc2)c(OC)c1. The Bertz CT molecular complexity index is 985. The minimum Gasteiger partial charge on any atom is -0.497 e. The van der Waals surface area contributed by atoms with Crippen LogP contribution in [0.4, 0.5) is 0 Å². The minimum absolute atomic E-state index is 0.281. The Balaban J connectivity index is 1.69. The van der Waals surface area contributed by atoms with E-state index in [9.17, 15) is 4.79 Å². The molecule has 1 aromatic heterocycles. The number of carbonyl (C=O) groups is 1. The van der Waals surface area contributed by atoms with Gasteiger partial charge in [-0.3, -0.25) is 4.79 Å². The molecule has 144 valence electrons. The smallest absolute Gasteiger partial charge is 0.271 e. The number of nitrogens with zero attached hydrogens (tertiary/aromatic N) is 2. The van der Waals surface area contributed by atoms with E-state index in [4.69, 9.17) is 9.47 Å². The third kappa shape index (κ3) is 4.06. The molecule has 0 radical (unpaired) electrons. The van der Waals surface area contributed by atoms with Crippen LogP contribution >= 0.6 is 0 Å². The van der Waals surface area contributed by atoms with Crippen LogP contribution in [0.2, 0.25) is 0 Å². The summed E-state index contributed by atoms with van der Waals surface area (Å²) in [6.45, 7) is 4.10. The maximum absolute atomic E-state index is 12.3. The van der Waals surface area contributed by atoms with Gasteiger partial charge in [-0.2, -0.15) is 5.10 Å². The molecule has 0 bridgehead atoms. The van der Waals surface area contributed by atoms with Crippen molar-refractivity contribution in [2.45, 2.75) is 13.8 Å². The van der Waals surface area contributed by atoms with Crippen molar-refractivity contribution in [1.29, 1.82) is 0 Å². The standard InChI is InChI=1S/C22H23N3O3/c1-15-5-6-16(2)25(15)19-10-7-17(8-11-19)22(26)24-23-14-18-9-12-20(27-3)13-21(18)28-4/h5-14H,1-4H3,(H,24,26)/b23-14+. The monoisotopic (exact) mass is 377 g/mol. The molecule has 0 aliphatic carbocycles. The molecule has 1 N–H and O–H groups in total. The predicted octanol–water partition coefficient (Wildman–Crippen LogP) is 3.88. The van der Waals surface area contributed by atoms with Gasteiger partial charge in [0.05, 0.1) is 20.4 Å². The van der Waals surface area contributed by atoms with Crippen molar-refractivity contribution in [2.24, 2.45) is 5.10 Å². The molecule has 0 saturated heterocycles. The van der Waals surface area contributed by atoms with Crippen LogP contribution in [0.3, 0.4) is 0 Å². The number of rotatable bonds is 6. The highest BCUT2D eigenvalue weighted by molar-refractivity contribution is 5.95. The van der Waals surface area contributed by atoms with Gasteiger partial charge >= 0.3 is 0 Å². The van der Waals surface area contributed by atoms with Crippen LogP contribution in [-0.4, -0.2) is 30.9 Å². The van der Waals surface area contributed by atoms with E-state index in [0.717, 1.165) is 22.6 Å². The summed E-state index contributed by atoms with van der Waals surface area (Å²) in [4.78, 5) is 12.3. The Labute approximate surface area is 164 Å². The first-order valence-electron chi connectivity index (χ1n) is 8.84. The number of methoxy groups -OCH3 is 2. The number of benzene rings is 2. The van der Waals surface area contributed by atoms with Crippen LogP contribution in [0.25, 0.3) is 5.69 Å². The van der Waals surface area contributed by atoms with Crippen LogP contribution in [0.1, 0.15) is 27.3 Å². The van der Waals surface area contributed by atoms with Gasteiger partial charge < -0.3 is 14.0 Å². The summed E-state index contributed by atoms with van der Waals surface area (Å²) in [6.07, 6.45) is 1.54. The topological polar surface area (TPSA) is 64.8 Å². The molecule has 0 spiro atoms. The molecular formula is C22H23N3O3. The van der Waals surface area contributed by atoms with E-state index < -0.39 is 0 Å². The zero-order chi connectivity index (χ0) is 20.1. The Morgan fingerprint density at radius 2 is 1.64 bits per heavy atom. The zero-order valence-electron chi connectivity index (χ0n) is 16.4. The fourth-order valence-electron chi connectivity index (χ4n) is 2.99. The van der Waals surface area contributed by atoms with Crippen molar-refractivity contribution in [3.63, 3.8) is 0 Å². The lowest BCUT2D eigenvalue weighted by atomic mass is 10.2. The molecule has 0 aliphatic rings. The summed E-state index contributed by atoms with van der Waals surface area (Å²) < 4.78 is 12.6. The van der Waals surface area contributed by atoms with E-state index in [2.05, 4.69) is 41.1 Å². The second-order valence-corrected chi connectivity index (χ2v) is 6.31. The molecule has 0 atom stereocenters. The summed E-state index contributed by atoms with van der Waals surface area (Å²) in [5.74, 6) is 1.02. The molecule has 6 nitrogen and oxygen atoms in total. The van der Waals surface area contributed by atoms with Gasteiger partial charge in [0, 0.05) is 34.3 Å². The number of amides is 1. The number of ether oxygens (including phenoxy) is 2. The number of nitrogens with one attached hydrogen (secondary N) is 1. The number of hydrogen-bond donors (Lipinski definition) is 1. The first kappa shape index (κ1) is 19.2. The molecule has 28 heavy (non-hydrogen) atoms. The first-order chi connectivity index (χ1) is 13.5. The van der Waals surface area contributed by atoms with E-state index in [0.29, 0.717) is 17.1 Å². The second kappa shape index (κ2) is 8.43. The Morgan fingerprint density at radius 3 is 2.25 bits per heavy atom. The second-order valence-electron chi connectivity index (χ2n) is 6.31. The Kier molecular flexibility index (Phi) is 5.79.